The zero-order valence-corrected chi connectivity index (χ0v) is 27.3. The van der Waals surface area contributed by atoms with Crippen LogP contribution in [0.2, 0.25) is 0 Å². The van der Waals surface area contributed by atoms with Crippen LogP contribution in [0.4, 0.5) is 0 Å². The lowest BCUT2D eigenvalue weighted by atomic mass is 9.88. The van der Waals surface area contributed by atoms with Crippen LogP contribution >= 0.6 is 0 Å². The normalized spacial score (nSPS) is 32.8. The van der Waals surface area contributed by atoms with E-state index in [1.54, 1.807) is 19.1 Å². The molecule has 8 heteroatoms. The molecule has 1 fully saturated rings. The number of benzene rings is 1. The summed E-state index contributed by atoms with van der Waals surface area (Å²) in [4.78, 5) is 24.4. The van der Waals surface area contributed by atoms with Crippen molar-refractivity contribution in [1.82, 2.24) is 0 Å². The summed E-state index contributed by atoms with van der Waals surface area (Å²) in [6.07, 6.45) is 9.40. The highest BCUT2D eigenvalue weighted by Crippen LogP contribution is 2.37. The van der Waals surface area contributed by atoms with Gasteiger partial charge in [-0.1, -0.05) is 70.2 Å². The fraction of sp³-hybridized carbons (Fsp3) is 0.611. The van der Waals surface area contributed by atoms with Gasteiger partial charge in [0.1, 0.15) is 29.7 Å². The molecule has 10 unspecified atom stereocenters. The van der Waals surface area contributed by atoms with E-state index in [4.69, 9.17) is 18.9 Å². The van der Waals surface area contributed by atoms with E-state index in [1.165, 1.54) is 6.92 Å². The first-order chi connectivity index (χ1) is 20.8. The van der Waals surface area contributed by atoms with Gasteiger partial charge in [-0.2, -0.15) is 0 Å². The van der Waals surface area contributed by atoms with Gasteiger partial charge in [-0.25, -0.2) is 0 Å². The number of allylic oxidation sites excluding steroid dienone is 3. The fourth-order valence-electron chi connectivity index (χ4n) is 5.82. The number of aliphatic hydroxyl groups excluding tert-OH is 1. The topological polar surface area (TPSA) is 115 Å². The zero-order valence-electron chi connectivity index (χ0n) is 27.3. The number of carbonyl (C=O) groups is 2. The molecule has 2 aliphatic rings. The minimum Gasteiger partial charge on any atom is -0.490 e. The molecular weight excluding hydrogens is 560 g/mol. The number of para-hydroxylation sites is 1. The quantitative estimate of drug-likeness (QED) is 0.133. The Bertz CT molecular complexity index is 1160. The first-order valence-electron chi connectivity index (χ1n) is 16.0. The summed E-state index contributed by atoms with van der Waals surface area (Å²) in [5, 5.41) is 21.4. The number of cyclic esters (lactones) is 1. The largest absolute Gasteiger partial charge is 0.490 e. The van der Waals surface area contributed by atoms with Gasteiger partial charge in [-0.15, -0.1) is 0 Å². The van der Waals surface area contributed by atoms with Crippen molar-refractivity contribution in [1.29, 1.82) is 0 Å². The molecule has 0 aromatic heterocycles. The molecule has 10 atom stereocenters. The van der Waals surface area contributed by atoms with Gasteiger partial charge in [0.2, 0.25) is 0 Å². The van der Waals surface area contributed by atoms with E-state index in [9.17, 15) is 19.8 Å². The lowest BCUT2D eigenvalue weighted by Crippen LogP contribution is -2.42. The molecule has 0 bridgehead atoms. The Hall–Kier alpha value is -2.94. The zero-order chi connectivity index (χ0) is 32.4. The number of ether oxygens (including phenoxy) is 4. The first-order valence-corrected chi connectivity index (χ1v) is 16.0. The summed E-state index contributed by atoms with van der Waals surface area (Å²) in [5.41, 5.74) is -0.570. The molecule has 0 radical (unpaired) electrons. The third-order valence-corrected chi connectivity index (χ3v) is 8.63. The number of epoxide rings is 1. The van der Waals surface area contributed by atoms with Crippen molar-refractivity contribution >= 4 is 11.9 Å². The predicted octanol–water partition coefficient (Wildman–Crippen LogP) is 6.11. The van der Waals surface area contributed by atoms with E-state index in [0.29, 0.717) is 0 Å². The van der Waals surface area contributed by atoms with Crippen LogP contribution in [-0.2, 0) is 23.8 Å². The van der Waals surface area contributed by atoms with E-state index < -0.39 is 35.9 Å². The van der Waals surface area contributed by atoms with E-state index in [2.05, 4.69) is 26.8 Å². The van der Waals surface area contributed by atoms with Crippen molar-refractivity contribution in [3.63, 3.8) is 0 Å². The van der Waals surface area contributed by atoms with Gasteiger partial charge in [-0.3, -0.25) is 9.59 Å². The molecule has 2 N–H and O–H groups in total. The van der Waals surface area contributed by atoms with Crippen LogP contribution in [0.15, 0.2) is 66.3 Å². The van der Waals surface area contributed by atoms with Gasteiger partial charge in [0, 0.05) is 18.8 Å². The second-order valence-electron chi connectivity index (χ2n) is 12.8. The lowest BCUT2D eigenvalue weighted by molar-refractivity contribution is -0.157. The minimum atomic E-state index is -1.40. The van der Waals surface area contributed by atoms with Crippen LogP contribution in [0.5, 0.6) is 5.75 Å². The van der Waals surface area contributed by atoms with Gasteiger partial charge in [0.05, 0.1) is 24.7 Å². The van der Waals surface area contributed by atoms with Gasteiger partial charge >= 0.3 is 11.9 Å². The summed E-state index contributed by atoms with van der Waals surface area (Å²) in [6, 6.07) is 9.91. The molecule has 44 heavy (non-hydrogen) atoms. The Balaban J connectivity index is 1.63. The molecule has 2 heterocycles. The number of carbonyl (C=O) groups excluding carboxylic acids is 2. The Kier molecular flexibility index (Phi) is 13.2. The summed E-state index contributed by atoms with van der Waals surface area (Å²) >= 11 is 0. The number of aliphatic hydroxyl groups is 2. The van der Waals surface area contributed by atoms with Crippen LogP contribution in [0.1, 0.15) is 80.6 Å². The molecule has 1 saturated heterocycles. The predicted molar refractivity (Wildman–Crippen MR) is 170 cm³/mol. The van der Waals surface area contributed by atoms with Crippen molar-refractivity contribution < 1.29 is 38.7 Å². The number of rotatable bonds is 11. The average Bonchev–Trinajstić information content (AvgIpc) is 3.73. The number of esters is 2. The standard InChI is InChI=1S/C36H52O8/c1-8-30(42-29-15-10-9-11-16-29)26(5)35-31(43-35)21-23(2)13-12-14-24(3)34-25(4)17-18-32(41-27(6)37)36(7,40)20-19-28(38)22-33(39)44-34/h9-18,23,25-26,28,30-32,34-35,38,40H,8,19-22H2,1-7H3/b13-12+,18-17+,24-14+. The second kappa shape index (κ2) is 16.4. The van der Waals surface area contributed by atoms with Crippen LogP contribution in [0.3, 0.4) is 0 Å². The third-order valence-electron chi connectivity index (χ3n) is 8.63. The van der Waals surface area contributed by atoms with Crippen LogP contribution < -0.4 is 4.74 Å². The monoisotopic (exact) mass is 612 g/mol. The fourth-order valence-corrected chi connectivity index (χ4v) is 5.82. The molecule has 0 aliphatic carbocycles. The highest BCUT2D eigenvalue weighted by molar-refractivity contribution is 5.70. The number of hydrogen-bond donors (Lipinski definition) is 2. The SMILES string of the molecule is CCC(Oc1ccccc1)C(C)C1OC1CC(C)/C=C/C=C(\C)C1OC(=O)CC(O)CCC(C)(O)C(OC(C)=O)/C=C/C1C. The van der Waals surface area contributed by atoms with E-state index in [1.807, 2.05) is 56.3 Å². The van der Waals surface area contributed by atoms with Crippen molar-refractivity contribution in [2.75, 3.05) is 0 Å². The van der Waals surface area contributed by atoms with E-state index in [-0.39, 0.29) is 55.3 Å². The maximum atomic E-state index is 12.7. The molecule has 0 amide bonds. The molecule has 2 aliphatic heterocycles. The molecule has 244 valence electrons. The van der Waals surface area contributed by atoms with Gasteiger partial charge < -0.3 is 29.2 Å². The molecule has 0 saturated carbocycles. The highest BCUT2D eigenvalue weighted by Gasteiger charge is 2.46. The minimum absolute atomic E-state index is 0.0880. The molecule has 1 aromatic rings. The van der Waals surface area contributed by atoms with Gasteiger partial charge in [0.25, 0.3) is 0 Å². The van der Waals surface area contributed by atoms with Crippen molar-refractivity contribution in [3.8, 4) is 5.75 Å². The average molecular weight is 613 g/mol. The molecule has 3 rings (SSSR count). The van der Waals surface area contributed by atoms with Crippen LogP contribution in [-0.4, -0.2) is 64.4 Å². The Morgan fingerprint density at radius 3 is 2.55 bits per heavy atom. The maximum Gasteiger partial charge on any atom is 0.309 e. The summed E-state index contributed by atoms with van der Waals surface area (Å²) in [5.74, 6) is 0.133. The molecule has 1 aromatic carbocycles. The van der Waals surface area contributed by atoms with Crippen LogP contribution in [0, 0.1) is 17.8 Å². The van der Waals surface area contributed by atoms with E-state index in [0.717, 1.165) is 24.2 Å². The molecular formula is C36H52O8. The second-order valence-corrected chi connectivity index (χ2v) is 12.8. The van der Waals surface area contributed by atoms with Gasteiger partial charge in [0.15, 0.2) is 0 Å². The summed E-state index contributed by atoms with van der Waals surface area (Å²) < 4.78 is 23.5. The Morgan fingerprint density at radius 2 is 1.89 bits per heavy atom. The molecule has 0 spiro atoms. The highest BCUT2D eigenvalue weighted by atomic mass is 16.6. The summed E-state index contributed by atoms with van der Waals surface area (Å²) in [6.45, 7) is 13.2. The Labute approximate surface area is 263 Å². The van der Waals surface area contributed by atoms with Crippen molar-refractivity contribution in [3.05, 3.63) is 66.3 Å². The van der Waals surface area contributed by atoms with Crippen LogP contribution in [0.25, 0.3) is 0 Å². The van der Waals surface area contributed by atoms with E-state index >= 15 is 0 Å². The third kappa shape index (κ3) is 10.9. The Morgan fingerprint density at radius 1 is 1.18 bits per heavy atom. The first kappa shape index (κ1) is 35.5. The molecule has 8 nitrogen and oxygen atoms in total. The number of hydrogen-bond acceptors (Lipinski definition) is 8. The van der Waals surface area contributed by atoms with Crippen molar-refractivity contribution in [2.45, 2.75) is 123 Å². The maximum absolute atomic E-state index is 12.7. The smallest absolute Gasteiger partial charge is 0.309 e. The van der Waals surface area contributed by atoms with Crippen molar-refractivity contribution in [2.24, 2.45) is 17.8 Å². The van der Waals surface area contributed by atoms with Gasteiger partial charge in [-0.05, 0) is 69.2 Å². The lowest BCUT2D eigenvalue weighted by Gasteiger charge is -2.32. The summed E-state index contributed by atoms with van der Waals surface area (Å²) in [7, 11) is 0.